The maximum atomic E-state index is 12.6. The molecule has 0 bridgehead atoms. The predicted octanol–water partition coefficient (Wildman–Crippen LogP) is 0.775. The SMILES string of the molecule is C=C(CN1c2ccccc2CCC1C)[B-](F)(F)F.[K+]. The van der Waals surface area contributed by atoms with Crippen molar-refractivity contribution in [1.29, 1.82) is 0 Å². The summed E-state index contributed by atoms with van der Waals surface area (Å²) < 4.78 is 37.9. The number of fused-ring (bicyclic) bond motifs is 1. The Morgan fingerprint density at radius 1 is 1.37 bits per heavy atom. The molecule has 0 N–H and O–H groups in total. The minimum atomic E-state index is -4.95. The van der Waals surface area contributed by atoms with E-state index >= 15 is 0 Å². The van der Waals surface area contributed by atoms with Crippen LogP contribution in [0.15, 0.2) is 36.3 Å². The van der Waals surface area contributed by atoms with Gasteiger partial charge in [-0.15, -0.1) is 12.1 Å². The van der Waals surface area contributed by atoms with Crippen molar-refractivity contribution in [3.8, 4) is 0 Å². The first-order chi connectivity index (χ1) is 8.39. The molecule has 98 valence electrons. The second kappa shape index (κ2) is 6.81. The fourth-order valence-corrected chi connectivity index (χ4v) is 2.32. The van der Waals surface area contributed by atoms with Gasteiger partial charge in [-0.25, -0.2) is 0 Å². The summed E-state index contributed by atoms with van der Waals surface area (Å²) in [5.41, 5.74) is 1.41. The normalized spacial score (nSPS) is 18.5. The van der Waals surface area contributed by atoms with E-state index in [0.717, 1.165) is 24.1 Å². The first-order valence-corrected chi connectivity index (χ1v) is 6.11. The van der Waals surface area contributed by atoms with Crippen molar-refractivity contribution < 1.29 is 64.3 Å². The van der Waals surface area contributed by atoms with Gasteiger partial charge >= 0.3 is 58.4 Å². The van der Waals surface area contributed by atoms with Crippen molar-refractivity contribution in [2.45, 2.75) is 25.8 Å². The summed E-state index contributed by atoms with van der Waals surface area (Å²) in [6.07, 6.45) is 1.81. The quantitative estimate of drug-likeness (QED) is 0.744. The van der Waals surface area contributed by atoms with Crippen LogP contribution in [0.25, 0.3) is 0 Å². The number of anilines is 1. The summed E-state index contributed by atoms with van der Waals surface area (Å²) >= 11 is 0. The number of aryl methyl sites for hydroxylation is 1. The van der Waals surface area contributed by atoms with E-state index in [1.165, 1.54) is 0 Å². The summed E-state index contributed by atoms with van der Waals surface area (Å²) in [5.74, 6) is 0. The van der Waals surface area contributed by atoms with Gasteiger partial charge in [0.25, 0.3) is 0 Å². The van der Waals surface area contributed by atoms with Gasteiger partial charge in [0.2, 0.25) is 0 Å². The van der Waals surface area contributed by atoms with Crippen LogP contribution in [0.4, 0.5) is 18.6 Å². The third-order valence-corrected chi connectivity index (χ3v) is 3.50. The molecule has 1 aliphatic heterocycles. The molecule has 0 aromatic heterocycles. The van der Waals surface area contributed by atoms with Gasteiger partial charge in [-0.05, 0) is 31.4 Å². The molecule has 0 fully saturated rings. The van der Waals surface area contributed by atoms with Crippen LogP contribution in [0, 0.1) is 0 Å². The number of hydrogen-bond donors (Lipinski definition) is 0. The number of halogens is 3. The molecule has 0 aliphatic carbocycles. The second-order valence-corrected chi connectivity index (χ2v) is 4.88. The second-order valence-electron chi connectivity index (χ2n) is 4.88. The molecule has 0 saturated carbocycles. The van der Waals surface area contributed by atoms with Crippen molar-refractivity contribution >= 4 is 12.7 Å². The Balaban J connectivity index is 0.00000180. The Morgan fingerprint density at radius 3 is 2.63 bits per heavy atom. The average Bonchev–Trinajstić information content (AvgIpc) is 2.31. The first-order valence-electron chi connectivity index (χ1n) is 6.11. The maximum Gasteiger partial charge on any atom is 1.00 e. The van der Waals surface area contributed by atoms with E-state index in [9.17, 15) is 12.9 Å². The largest absolute Gasteiger partial charge is 1.00 e. The minimum Gasteiger partial charge on any atom is -0.445 e. The molecule has 1 heterocycles. The smallest absolute Gasteiger partial charge is 0.445 e. The molecule has 1 atom stereocenters. The molecule has 2 rings (SSSR count). The van der Waals surface area contributed by atoms with Gasteiger partial charge in [-0.3, -0.25) is 0 Å². The van der Waals surface area contributed by atoms with E-state index in [2.05, 4.69) is 6.58 Å². The fraction of sp³-hybridized carbons (Fsp3) is 0.385. The number of para-hydroxylation sites is 1. The monoisotopic (exact) mass is 293 g/mol. The number of benzene rings is 1. The summed E-state index contributed by atoms with van der Waals surface area (Å²) in [5, 5.41) is 0. The molecule has 0 amide bonds. The minimum absolute atomic E-state index is 0. The van der Waals surface area contributed by atoms with Crippen LogP contribution >= 0.6 is 0 Å². The molecule has 0 spiro atoms. The van der Waals surface area contributed by atoms with Gasteiger partial charge in [0.05, 0.1) is 0 Å². The zero-order chi connectivity index (χ0) is 13.3. The number of rotatable bonds is 3. The van der Waals surface area contributed by atoms with E-state index in [1.54, 1.807) is 0 Å². The summed E-state index contributed by atoms with van der Waals surface area (Å²) in [7, 11) is 0. The van der Waals surface area contributed by atoms with Crippen LogP contribution in [0.1, 0.15) is 18.9 Å². The molecule has 19 heavy (non-hydrogen) atoms. The Labute approximate surface area is 154 Å². The summed E-state index contributed by atoms with van der Waals surface area (Å²) in [4.78, 5) is 1.82. The average molecular weight is 293 g/mol. The molecule has 1 aromatic rings. The maximum absolute atomic E-state index is 12.6. The number of hydrogen-bond acceptors (Lipinski definition) is 1. The third-order valence-electron chi connectivity index (χ3n) is 3.50. The van der Waals surface area contributed by atoms with Gasteiger partial charge in [-0.2, -0.15) is 0 Å². The van der Waals surface area contributed by atoms with E-state index in [4.69, 9.17) is 0 Å². The van der Waals surface area contributed by atoms with Crippen LogP contribution in [-0.2, 0) is 6.42 Å². The fourth-order valence-electron chi connectivity index (χ4n) is 2.32. The zero-order valence-electron chi connectivity index (χ0n) is 11.4. The van der Waals surface area contributed by atoms with Crippen LogP contribution in [-0.4, -0.2) is 19.6 Å². The van der Waals surface area contributed by atoms with Gasteiger partial charge in [0.15, 0.2) is 0 Å². The molecular weight excluding hydrogens is 277 g/mol. The van der Waals surface area contributed by atoms with Crippen molar-refractivity contribution in [1.82, 2.24) is 0 Å². The van der Waals surface area contributed by atoms with Gasteiger partial charge < -0.3 is 17.8 Å². The summed E-state index contributed by atoms with van der Waals surface area (Å²) in [6, 6.07) is 7.79. The van der Waals surface area contributed by atoms with Crippen molar-refractivity contribution in [3.63, 3.8) is 0 Å². The Morgan fingerprint density at radius 2 is 2.00 bits per heavy atom. The van der Waals surface area contributed by atoms with Crippen LogP contribution < -0.4 is 56.3 Å². The van der Waals surface area contributed by atoms with Crippen LogP contribution in [0.5, 0.6) is 0 Å². The Kier molecular flexibility index (Phi) is 6.20. The topological polar surface area (TPSA) is 3.24 Å². The molecule has 6 heteroatoms. The van der Waals surface area contributed by atoms with Gasteiger partial charge in [-0.1, -0.05) is 18.2 Å². The van der Waals surface area contributed by atoms with Crippen molar-refractivity contribution in [2.24, 2.45) is 0 Å². The van der Waals surface area contributed by atoms with Crippen LogP contribution in [0.3, 0.4) is 0 Å². The first kappa shape index (κ1) is 17.3. The van der Waals surface area contributed by atoms with Crippen LogP contribution in [0.2, 0.25) is 0 Å². The number of nitrogens with zero attached hydrogens (tertiary/aromatic N) is 1. The Bertz CT molecular complexity index is 461. The molecule has 1 unspecified atom stereocenters. The Hall–Kier alpha value is 0.251. The molecular formula is C13H16BF3KN. The van der Waals surface area contributed by atoms with E-state index in [-0.39, 0.29) is 64.0 Å². The van der Waals surface area contributed by atoms with Crippen molar-refractivity contribution in [2.75, 3.05) is 11.4 Å². The third kappa shape index (κ3) is 4.11. The van der Waals surface area contributed by atoms with E-state index in [1.807, 2.05) is 36.1 Å². The van der Waals surface area contributed by atoms with Gasteiger partial charge in [0, 0.05) is 18.3 Å². The molecule has 0 saturated heterocycles. The molecule has 1 aliphatic rings. The summed E-state index contributed by atoms with van der Waals surface area (Å²) in [6.45, 7) is 0.0785. The molecule has 1 aromatic carbocycles. The molecule has 0 radical (unpaired) electrons. The van der Waals surface area contributed by atoms with Crippen molar-refractivity contribution in [3.05, 3.63) is 41.9 Å². The van der Waals surface area contributed by atoms with E-state index < -0.39 is 12.4 Å². The predicted molar refractivity (Wildman–Crippen MR) is 69.8 cm³/mol. The van der Waals surface area contributed by atoms with Gasteiger partial charge in [0.1, 0.15) is 0 Å². The standard InChI is InChI=1S/C13H16BF3N.K/c1-10(14(15,16)17)9-18-11(2)7-8-12-5-3-4-6-13(12)18;/h3-6,11H,1,7-9H2,2H3;/q-1;+1. The molecule has 1 nitrogen and oxygen atoms in total. The zero-order valence-corrected chi connectivity index (χ0v) is 14.5. The van der Waals surface area contributed by atoms with E-state index in [0.29, 0.717) is 0 Å².